The van der Waals surface area contributed by atoms with E-state index in [0.29, 0.717) is 0 Å². The van der Waals surface area contributed by atoms with E-state index in [1.165, 1.54) is 6.39 Å². The molecule has 1 aliphatic heterocycles. The number of hydrogen-bond donors (Lipinski definition) is 2. The molecule has 80 valence electrons. The zero-order valence-corrected chi connectivity index (χ0v) is 8.30. The minimum atomic E-state index is -0.683. The van der Waals surface area contributed by atoms with Crippen LogP contribution >= 0.6 is 0 Å². The lowest BCUT2D eigenvalue weighted by molar-refractivity contribution is -0.139. The first-order valence-electron chi connectivity index (χ1n) is 5.06. The van der Waals surface area contributed by atoms with E-state index >= 15 is 0 Å². The monoisotopic (exact) mass is 208 g/mol. The number of fused-ring (bicyclic) bond motifs is 1. The van der Waals surface area contributed by atoms with Crippen molar-refractivity contribution in [2.24, 2.45) is 17.8 Å². The average molecular weight is 208 g/mol. The second-order valence-electron chi connectivity index (χ2n) is 4.28. The highest BCUT2D eigenvalue weighted by atomic mass is 16.4. The topological polar surface area (TPSA) is 75.4 Å². The lowest BCUT2D eigenvalue weighted by Crippen LogP contribution is -2.24. The Hall–Kier alpha value is -1.36. The van der Waals surface area contributed by atoms with Crippen LogP contribution in [0, 0.1) is 24.7 Å². The zero-order valence-electron chi connectivity index (χ0n) is 8.30. The van der Waals surface area contributed by atoms with Crippen molar-refractivity contribution >= 4 is 5.97 Å². The Morgan fingerprint density at radius 2 is 2.53 bits per heavy atom. The number of aromatic nitrogens is 1. The fourth-order valence-electron chi connectivity index (χ4n) is 2.76. The molecule has 4 atom stereocenters. The van der Waals surface area contributed by atoms with Crippen molar-refractivity contribution in [3.8, 4) is 0 Å². The van der Waals surface area contributed by atoms with Crippen molar-refractivity contribution in [1.82, 2.24) is 10.3 Å². The van der Waals surface area contributed by atoms with E-state index in [1.807, 2.05) is 6.92 Å². The van der Waals surface area contributed by atoms with Gasteiger partial charge in [-0.15, -0.1) is 0 Å². The number of carboxylic acids is 1. The summed E-state index contributed by atoms with van der Waals surface area (Å²) in [5.41, 5.74) is 0.867. The smallest absolute Gasteiger partial charge is 0.307 e. The third kappa shape index (κ3) is 1.13. The molecule has 1 aliphatic carbocycles. The number of nitrogens with one attached hydrogen (secondary N) is 1. The van der Waals surface area contributed by atoms with Gasteiger partial charge in [0, 0.05) is 0 Å². The summed E-state index contributed by atoms with van der Waals surface area (Å²) in [5.74, 6) is 0.393. The van der Waals surface area contributed by atoms with E-state index in [9.17, 15) is 4.79 Å². The number of rotatable bonds is 2. The molecule has 15 heavy (non-hydrogen) atoms. The van der Waals surface area contributed by atoms with Crippen molar-refractivity contribution in [2.45, 2.75) is 13.0 Å². The van der Waals surface area contributed by atoms with Crippen LogP contribution in [0.5, 0.6) is 0 Å². The molecule has 2 N–H and O–H groups in total. The molecule has 1 saturated carbocycles. The Bertz CT molecular complexity index is 415. The van der Waals surface area contributed by atoms with Crippen molar-refractivity contribution < 1.29 is 14.3 Å². The van der Waals surface area contributed by atoms with Crippen molar-refractivity contribution in [1.29, 1.82) is 0 Å². The van der Waals surface area contributed by atoms with Gasteiger partial charge in [-0.2, -0.15) is 0 Å². The number of hydrogen-bond acceptors (Lipinski definition) is 4. The van der Waals surface area contributed by atoms with Crippen LogP contribution in [0.15, 0.2) is 10.8 Å². The molecule has 5 nitrogen and oxygen atoms in total. The molecule has 2 fully saturated rings. The molecule has 4 unspecified atom stereocenters. The van der Waals surface area contributed by atoms with Gasteiger partial charge in [-0.1, -0.05) is 0 Å². The second-order valence-corrected chi connectivity index (χ2v) is 4.28. The third-order valence-corrected chi connectivity index (χ3v) is 3.55. The first-order valence-corrected chi connectivity index (χ1v) is 5.06. The third-order valence-electron chi connectivity index (χ3n) is 3.55. The summed E-state index contributed by atoms with van der Waals surface area (Å²) < 4.78 is 5.14. The minimum absolute atomic E-state index is 0.0647. The van der Waals surface area contributed by atoms with Crippen molar-refractivity contribution in [3.63, 3.8) is 0 Å². The lowest BCUT2D eigenvalue weighted by atomic mass is 10.1. The number of carboxylic acid groups (broad SMARTS) is 1. The number of aliphatic carboxylic acids is 1. The van der Waals surface area contributed by atoms with Gasteiger partial charge in [0.25, 0.3) is 0 Å². The summed E-state index contributed by atoms with van der Waals surface area (Å²) in [5, 5.41) is 12.3. The molecule has 0 radical (unpaired) electrons. The molecule has 3 rings (SSSR count). The predicted octanol–water partition coefficient (Wildman–Crippen LogP) is 0.574. The van der Waals surface area contributed by atoms with Crippen LogP contribution < -0.4 is 5.32 Å². The Balaban J connectivity index is 1.86. The predicted molar refractivity (Wildman–Crippen MR) is 50.1 cm³/mol. The summed E-state index contributed by atoms with van der Waals surface area (Å²) >= 11 is 0. The Kier molecular flexibility index (Phi) is 1.68. The summed E-state index contributed by atoms with van der Waals surface area (Å²) in [7, 11) is 0. The summed E-state index contributed by atoms with van der Waals surface area (Å²) in [6, 6.07) is 0.0647. The van der Waals surface area contributed by atoms with Crippen LogP contribution in [-0.4, -0.2) is 22.6 Å². The molecular formula is C10H12N2O3. The van der Waals surface area contributed by atoms with Gasteiger partial charge in [-0.3, -0.25) is 4.79 Å². The molecule has 5 heteroatoms. The Labute approximate surface area is 86.5 Å². The molecule has 0 amide bonds. The van der Waals surface area contributed by atoms with Gasteiger partial charge in [0.05, 0.1) is 17.7 Å². The highest BCUT2D eigenvalue weighted by Gasteiger charge is 2.62. The SMILES string of the molecule is Cc1ocnc1C1NCC2C(C(=O)O)C12. The number of aryl methyl sites for hydroxylation is 1. The first-order chi connectivity index (χ1) is 7.20. The zero-order chi connectivity index (χ0) is 10.6. The maximum absolute atomic E-state index is 10.9. The van der Waals surface area contributed by atoms with Crippen LogP contribution in [0.25, 0.3) is 0 Å². The maximum atomic E-state index is 10.9. The van der Waals surface area contributed by atoms with Gasteiger partial charge in [0.2, 0.25) is 0 Å². The van der Waals surface area contributed by atoms with Crippen LogP contribution in [0.3, 0.4) is 0 Å². The lowest BCUT2D eigenvalue weighted by Gasteiger charge is -2.12. The highest BCUT2D eigenvalue weighted by Crippen LogP contribution is 2.57. The van der Waals surface area contributed by atoms with Crippen molar-refractivity contribution in [2.75, 3.05) is 6.54 Å². The fourth-order valence-corrected chi connectivity index (χ4v) is 2.76. The van der Waals surface area contributed by atoms with Crippen LogP contribution in [-0.2, 0) is 4.79 Å². The number of piperidine rings is 1. The molecule has 1 saturated heterocycles. The highest BCUT2D eigenvalue weighted by molar-refractivity contribution is 5.75. The van der Waals surface area contributed by atoms with E-state index in [2.05, 4.69) is 10.3 Å². The van der Waals surface area contributed by atoms with E-state index in [-0.39, 0.29) is 23.8 Å². The van der Waals surface area contributed by atoms with Gasteiger partial charge >= 0.3 is 5.97 Å². The normalized spacial score (nSPS) is 37.7. The summed E-state index contributed by atoms with van der Waals surface area (Å²) in [6.45, 7) is 2.63. The maximum Gasteiger partial charge on any atom is 0.307 e. The molecule has 1 aromatic rings. The van der Waals surface area contributed by atoms with Gasteiger partial charge < -0.3 is 14.8 Å². The molecule has 2 heterocycles. The standard InChI is InChI=1S/C10H12N2O3/c1-4-8(12-3-15-4)9-6-5(2-11-9)7(6)10(13)14/h3,5-7,9,11H,2H2,1H3,(H,13,14). The average Bonchev–Trinajstić information content (AvgIpc) is 2.53. The van der Waals surface area contributed by atoms with Crippen molar-refractivity contribution in [3.05, 3.63) is 17.8 Å². The van der Waals surface area contributed by atoms with E-state index in [1.54, 1.807) is 0 Å². The largest absolute Gasteiger partial charge is 0.481 e. The Morgan fingerprint density at radius 1 is 1.73 bits per heavy atom. The Morgan fingerprint density at radius 3 is 3.07 bits per heavy atom. The van der Waals surface area contributed by atoms with Gasteiger partial charge in [0.15, 0.2) is 6.39 Å². The van der Waals surface area contributed by atoms with E-state index in [4.69, 9.17) is 9.52 Å². The summed E-state index contributed by atoms with van der Waals surface area (Å²) in [4.78, 5) is 15.1. The first kappa shape index (κ1) is 8.91. The number of oxazole rings is 1. The van der Waals surface area contributed by atoms with E-state index < -0.39 is 5.97 Å². The second kappa shape index (κ2) is 2.82. The van der Waals surface area contributed by atoms with Crippen LogP contribution in [0.4, 0.5) is 0 Å². The van der Waals surface area contributed by atoms with Crippen LogP contribution in [0.2, 0.25) is 0 Å². The molecule has 2 aliphatic rings. The van der Waals surface area contributed by atoms with Gasteiger partial charge in [0.1, 0.15) is 5.76 Å². The van der Waals surface area contributed by atoms with Gasteiger partial charge in [-0.05, 0) is 25.3 Å². The van der Waals surface area contributed by atoms with Gasteiger partial charge in [-0.25, -0.2) is 4.98 Å². The summed E-state index contributed by atoms with van der Waals surface area (Å²) in [6.07, 6.45) is 1.41. The minimum Gasteiger partial charge on any atom is -0.481 e. The molecule has 0 spiro atoms. The van der Waals surface area contributed by atoms with E-state index in [0.717, 1.165) is 18.0 Å². The van der Waals surface area contributed by atoms with Crippen LogP contribution in [0.1, 0.15) is 17.5 Å². The number of nitrogens with zero attached hydrogens (tertiary/aromatic N) is 1. The quantitative estimate of drug-likeness (QED) is 0.743. The molecular weight excluding hydrogens is 196 g/mol. The molecule has 1 aromatic heterocycles. The molecule has 0 bridgehead atoms. The fraction of sp³-hybridized carbons (Fsp3) is 0.600. The molecule has 0 aromatic carbocycles. The number of carbonyl (C=O) groups is 1.